The molecule has 0 N–H and O–H groups in total. The van der Waals surface area contributed by atoms with Crippen LogP contribution >= 0.6 is 15.9 Å². The molecule has 0 radical (unpaired) electrons. The highest BCUT2D eigenvalue weighted by molar-refractivity contribution is 9.10. The lowest BCUT2D eigenvalue weighted by Gasteiger charge is -2.33. The quantitative estimate of drug-likeness (QED) is 0.771. The zero-order chi connectivity index (χ0) is 13.0. The number of pyridine rings is 1. The van der Waals surface area contributed by atoms with E-state index in [-0.39, 0.29) is 5.91 Å². The molecule has 1 aliphatic heterocycles. The van der Waals surface area contributed by atoms with Crippen LogP contribution in [0.25, 0.3) is 0 Å². The highest BCUT2D eigenvalue weighted by Gasteiger charge is 2.21. The maximum Gasteiger partial charge on any atom is 0.255 e. The summed E-state index contributed by atoms with van der Waals surface area (Å²) < 4.78 is 0.819. The van der Waals surface area contributed by atoms with Gasteiger partial charge in [0, 0.05) is 43.0 Å². The minimum absolute atomic E-state index is 0.0316. The van der Waals surface area contributed by atoms with E-state index in [1.807, 2.05) is 4.90 Å². The van der Waals surface area contributed by atoms with Crippen LogP contribution in [-0.2, 0) is 0 Å². The van der Waals surface area contributed by atoms with Crippen LogP contribution in [0.5, 0.6) is 0 Å². The van der Waals surface area contributed by atoms with Crippen LogP contribution in [0.15, 0.2) is 22.9 Å². The van der Waals surface area contributed by atoms with Crippen molar-refractivity contribution in [1.82, 2.24) is 14.8 Å². The number of hydrogen-bond acceptors (Lipinski definition) is 3. The molecule has 1 aliphatic rings. The number of carbonyl (C=O) groups excluding carboxylic acids is 1. The third-order valence-corrected chi connectivity index (χ3v) is 3.36. The third kappa shape index (κ3) is 3.09. The standard InChI is InChI=1S/C13H14BrN3O/c1-2-3-16-4-6-17(7-5-16)13(18)11-8-12(14)10-15-9-11/h1,8-10H,3-7H2. The molecule has 1 aromatic heterocycles. The van der Waals surface area contributed by atoms with Gasteiger partial charge in [0.15, 0.2) is 0 Å². The summed E-state index contributed by atoms with van der Waals surface area (Å²) in [6, 6.07) is 1.79. The van der Waals surface area contributed by atoms with Crippen molar-refractivity contribution >= 4 is 21.8 Å². The van der Waals surface area contributed by atoms with Gasteiger partial charge >= 0.3 is 0 Å². The van der Waals surface area contributed by atoms with Crippen LogP contribution in [0, 0.1) is 12.3 Å². The van der Waals surface area contributed by atoms with Gasteiger partial charge in [0.1, 0.15) is 0 Å². The zero-order valence-electron chi connectivity index (χ0n) is 9.97. The molecule has 2 rings (SSSR count). The van der Waals surface area contributed by atoms with Gasteiger partial charge in [-0.25, -0.2) is 0 Å². The summed E-state index contributed by atoms with van der Waals surface area (Å²) in [5, 5.41) is 0. The summed E-state index contributed by atoms with van der Waals surface area (Å²) >= 11 is 3.32. The van der Waals surface area contributed by atoms with Gasteiger partial charge in [-0.15, -0.1) is 6.42 Å². The van der Waals surface area contributed by atoms with Gasteiger partial charge in [0.05, 0.1) is 12.1 Å². The molecule has 5 heteroatoms. The lowest BCUT2D eigenvalue weighted by Crippen LogP contribution is -2.48. The Bertz CT molecular complexity index is 475. The van der Waals surface area contributed by atoms with Crippen molar-refractivity contribution in [3.05, 3.63) is 28.5 Å². The molecular formula is C13H14BrN3O. The number of aromatic nitrogens is 1. The van der Waals surface area contributed by atoms with E-state index in [0.717, 1.165) is 17.6 Å². The Morgan fingerprint density at radius 2 is 2.11 bits per heavy atom. The first-order chi connectivity index (χ1) is 8.70. The van der Waals surface area contributed by atoms with Crippen molar-refractivity contribution in [1.29, 1.82) is 0 Å². The first-order valence-electron chi connectivity index (χ1n) is 5.76. The van der Waals surface area contributed by atoms with Crippen molar-refractivity contribution in [3.8, 4) is 12.3 Å². The molecule has 0 spiro atoms. The predicted octanol–water partition coefficient (Wildman–Crippen LogP) is 1.24. The number of nitrogens with zero attached hydrogens (tertiary/aromatic N) is 3. The normalized spacial score (nSPS) is 16.3. The van der Waals surface area contributed by atoms with E-state index < -0.39 is 0 Å². The molecule has 4 nitrogen and oxygen atoms in total. The average molecular weight is 308 g/mol. The van der Waals surface area contributed by atoms with Crippen LogP contribution in [0.3, 0.4) is 0 Å². The first kappa shape index (κ1) is 13.1. The molecule has 1 aromatic rings. The van der Waals surface area contributed by atoms with Crippen molar-refractivity contribution in [3.63, 3.8) is 0 Å². The fraction of sp³-hybridized carbons (Fsp3) is 0.385. The maximum atomic E-state index is 12.2. The summed E-state index contributed by atoms with van der Waals surface area (Å²) in [6.45, 7) is 3.75. The van der Waals surface area contributed by atoms with Gasteiger partial charge in [-0.05, 0) is 22.0 Å². The number of piperazine rings is 1. The Hall–Kier alpha value is -1.38. The average Bonchev–Trinajstić information content (AvgIpc) is 2.39. The predicted molar refractivity (Wildman–Crippen MR) is 73.1 cm³/mol. The highest BCUT2D eigenvalue weighted by Crippen LogP contribution is 2.13. The third-order valence-electron chi connectivity index (χ3n) is 2.93. The zero-order valence-corrected chi connectivity index (χ0v) is 11.6. The fourth-order valence-electron chi connectivity index (χ4n) is 1.95. The molecule has 0 saturated carbocycles. The van der Waals surface area contributed by atoms with Crippen LogP contribution in [-0.4, -0.2) is 53.4 Å². The Morgan fingerprint density at radius 1 is 1.39 bits per heavy atom. The van der Waals surface area contributed by atoms with Crippen molar-refractivity contribution in [2.45, 2.75) is 0 Å². The van der Waals surface area contributed by atoms with Gasteiger partial charge in [0.2, 0.25) is 0 Å². The fourth-order valence-corrected chi connectivity index (χ4v) is 2.31. The molecule has 2 heterocycles. The van der Waals surface area contributed by atoms with E-state index in [1.165, 1.54) is 0 Å². The monoisotopic (exact) mass is 307 g/mol. The largest absolute Gasteiger partial charge is 0.336 e. The molecular weight excluding hydrogens is 294 g/mol. The van der Waals surface area contributed by atoms with E-state index in [0.29, 0.717) is 25.2 Å². The number of terminal acetylenes is 1. The van der Waals surface area contributed by atoms with Crippen molar-refractivity contribution in [2.75, 3.05) is 32.7 Å². The first-order valence-corrected chi connectivity index (χ1v) is 6.55. The number of rotatable bonds is 2. The molecule has 94 valence electrons. The summed E-state index contributed by atoms with van der Waals surface area (Å²) in [5.74, 6) is 2.66. The summed E-state index contributed by atoms with van der Waals surface area (Å²) in [4.78, 5) is 20.2. The Kier molecular flexibility index (Phi) is 4.34. The lowest BCUT2D eigenvalue weighted by atomic mass is 10.2. The summed E-state index contributed by atoms with van der Waals surface area (Å²) in [5.41, 5.74) is 0.620. The molecule has 1 fully saturated rings. The van der Waals surface area contributed by atoms with E-state index in [2.05, 4.69) is 31.7 Å². The smallest absolute Gasteiger partial charge is 0.255 e. The molecule has 0 bridgehead atoms. The van der Waals surface area contributed by atoms with Gasteiger partial charge in [-0.1, -0.05) is 5.92 Å². The van der Waals surface area contributed by atoms with Crippen LogP contribution in [0.1, 0.15) is 10.4 Å². The van der Waals surface area contributed by atoms with Gasteiger partial charge in [-0.2, -0.15) is 0 Å². The minimum Gasteiger partial charge on any atom is -0.336 e. The van der Waals surface area contributed by atoms with Gasteiger partial charge < -0.3 is 4.90 Å². The Labute approximate surface area is 115 Å². The Morgan fingerprint density at radius 3 is 2.72 bits per heavy atom. The lowest BCUT2D eigenvalue weighted by molar-refractivity contribution is 0.0651. The molecule has 18 heavy (non-hydrogen) atoms. The Balaban J connectivity index is 1.98. The minimum atomic E-state index is 0.0316. The SMILES string of the molecule is C#CCN1CCN(C(=O)c2cncc(Br)c2)CC1. The van der Waals surface area contributed by atoms with Gasteiger partial charge in [-0.3, -0.25) is 14.7 Å². The van der Waals surface area contributed by atoms with Crippen molar-refractivity contribution in [2.24, 2.45) is 0 Å². The molecule has 0 aliphatic carbocycles. The van der Waals surface area contributed by atoms with Crippen LogP contribution in [0.4, 0.5) is 0 Å². The highest BCUT2D eigenvalue weighted by atomic mass is 79.9. The summed E-state index contributed by atoms with van der Waals surface area (Å²) in [7, 11) is 0. The van der Waals surface area contributed by atoms with E-state index in [9.17, 15) is 4.79 Å². The molecule has 1 amide bonds. The second-order valence-corrected chi connectivity index (χ2v) is 5.08. The maximum absolute atomic E-state index is 12.2. The topological polar surface area (TPSA) is 36.4 Å². The molecule has 0 aromatic carbocycles. The number of halogens is 1. The van der Waals surface area contributed by atoms with E-state index in [4.69, 9.17) is 6.42 Å². The summed E-state index contributed by atoms with van der Waals surface area (Å²) in [6.07, 6.45) is 8.54. The second kappa shape index (κ2) is 5.98. The molecule has 1 saturated heterocycles. The van der Waals surface area contributed by atoms with Crippen LogP contribution in [0.2, 0.25) is 0 Å². The number of carbonyl (C=O) groups is 1. The number of hydrogen-bond donors (Lipinski definition) is 0. The van der Waals surface area contributed by atoms with E-state index >= 15 is 0 Å². The second-order valence-electron chi connectivity index (χ2n) is 4.16. The molecule has 0 unspecified atom stereocenters. The van der Waals surface area contributed by atoms with Crippen molar-refractivity contribution < 1.29 is 4.79 Å². The van der Waals surface area contributed by atoms with Crippen LogP contribution < -0.4 is 0 Å². The number of amides is 1. The van der Waals surface area contributed by atoms with E-state index in [1.54, 1.807) is 18.5 Å². The molecule has 0 atom stereocenters. The van der Waals surface area contributed by atoms with Gasteiger partial charge in [0.25, 0.3) is 5.91 Å².